The van der Waals surface area contributed by atoms with E-state index in [1.54, 1.807) is 63.6 Å². The Morgan fingerprint density at radius 2 is 1.82 bits per heavy atom. The zero-order valence-electron chi connectivity index (χ0n) is 22.2. The van der Waals surface area contributed by atoms with Crippen LogP contribution in [0.2, 0.25) is 0 Å². The summed E-state index contributed by atoms with van der Waals surface area (Å²) in [5.74, 6) is 0.816. The van der Waals surface area contributed by atoms with Crippen molar-refractivity contribution >= 4 is 41.3 Å². The van der Waals surface area contributed by atoms with Crippen molar-refractivity contribution < 1.29 is 28.6 Å². The van der Waals surface area contributed by atoms with Gasteiger partial charge in [0, 0.05) is 18.3 Å². The Balaban J connectivity index is 1.53. The summed E-state index contributed by atoms with van der Waals surface area (Å²) < 4.78 is 17.3. The van der Waals surface area contributed by atoms with Gasteiger partial charge in [-0.1, -0.05) is 23.9 Å². The molecule has 0 spiro atoms. The predicted molar refractivity (Wildman–Crippen MR) is 148 cm³/mol. The summed E-state index contributed by atoms with van der Waals surface area (Å²) in [6, 6.07) is 11.9. The Labute approximate surface area is 230 Å². The average Bonchev–Trinajstić information content (AvgIpc) is 3.35. The molecule has 0 aliphatic rings. The van der Waals surface area contributed by atoms with Crippen molar-refractivity contribution in [2.24, 2.45) is 0 Å². The second-order valence-electron chi connectivity index (χ2n) is 7.95. The van der Waals surface area contributed by atoms with Crippen LogP contribution in [-0.2, 0) is 27.4 Å². The lowest BCUT2D eigenvalue weighted by Gasteiger charge is -2.09. The lowest BCUT2D eigenvalue weighted by molar-refractivity contribution is -0.116. The van der Waals surface area contributed by atoms with E-state index >= 15 is 0 Å². The predicted octanol–water partition coefficient (Wildman–Crippen LogP) is 3.55. The topological polar surface area (TPSA) is 134 Å². The van der Waals surface area contributed by atoms with Gasteiger partial charge in [0.15, 0.2) is 22.5 Å². The van der Waals surface area contributed by atoms with Gasteiger partial charge in [0.2, 0.25) is 11.8 Å². The van der Waals surface area contributed by atoms with Crippen LogP contribution in [0.4, 0.5) is 5.69 Å². The molecule has 2 N–H and O–H groups in total. The van der Waals surface area contributed by atoms with Crippen molar-refractivity contribution in [3.63, 3.8) is 0 Å². The maximum atomic E-state index is 12.5. The normalized spacial score (nSPS) is 10.8. The van der Waals surface area contributed by atoms with Gasteiger partial charge in [0.05, 0.1) is 38.7 Å². The number of carbonyl (C=O) groups excluding carboxylic acids is 3. The van der Waals surface area contributed by atoms with Gasteiger partial charge in [0.1, 0.15) is 0 Å². The number of rotatable bonds is 13. The molecule has 0 bridgehead atoms. The van der Waals surface area contributed by atoms with E-state index in [9.17, 15) is 14.4 Å². The summed E-state index contributed by atoms with van der Waals surface area (Å²) in [6.07, 6.45) is 3.09. The van der Waals surface area contributed by atoms with Crippen molar-refractivity contribution in [1.29, 1.82) is 0 Å². The molecule has 206 valence electrons. The van der Waals surface area contributed by atoms with Crippen LogP contribution in [0.15, 0.2) is 53.7 Å². The minimum atomic E-state index is -0.449. The largest absolute Gasteiger partial charge is 0.493 e. The summed E-state index contributed by atoms with van der Waals surface area (Å²) in [7, 11) is 3.11. The van der Waals surface area contributed by atoms with E-state index in [1.807, 2.05) is 17.6 Å². The van der Waals surface area contributed by atoms with E-state index in [2.05, 4.69) is 20.8 Å². The fourth-order valence-corrected chi connectivity index (χ4v) is 4.31. The highest BCUT2D eigenvalue weighted by molar-refractivity contribution is 7.99. The van der Waals surface area contributed by atoms with Crippen LogP contribution >= 0.6 is 11.8 Å². The molecule has 1 aromatic heterocycles. The summed E-state index contributed by atoms with van der Waals surface area (Å²) in [5.41, 5.74) is 1.63. The maximum absolute atomic E-state index is 12.5. The van der Waals surface area contributed by atoms with Crippen molar-refractivity contribution in [1.82, 2.24) is 20.1 Å². The molecule has 2 aromatic carbocycles. The third kappa shape index (κ3) is 8.34. The molecule has 0 aliphatic carbocycles. The molecule has 0 aliphatic heterocycles. The Morgan fingerprint density at radius 1 is 1.03 bits per heavy atom. The van der Waals surface area contributed by atoms with Crippen molar-refractivity contribution in [2.75, 3.05) is 31.9 Å². The first-order valence-electron chi connectivity index (χ1n) is 12.2. The Morgan fingerprint density at radius 3 is 2.54 bits per heavy atom. The molecule has 0 unspecified atom stereocenters. The molecule has 12 heteroatoms. The third-order valence-corrected chi connectivity index (χ3v) is 6.32. The number of methoxy groups -OCH3 is 2. The lowest BCUT2D eigenvalue weighted by atomic mass is 10.2. The molecule has 0 fully saturated rings. The molecule has 0 radical (unpaired) electrons. The fourth-order valence-electron chi connectivity index (χ4n) is 3.49. The van der Waals surface area contributed by atoms with Gasteiger partial charge in [0.25, 0.3) is 0 Å². The number of thioether (sulfide) groups is 1. The number of benzene rings is 2. The average molecular weight is 554 g/mol. The van der Waals surface area contributed by atoms with Gasteiger partial charge in [-0.2, -0.15) is 0 Å². The molecule has 3 aromatic rings. The highest BCUT2D eigenvalue weighted by Crippen LogP contribution is 2.28. The minimum Gasteiger partial charge on any atom is -0.493 e. The third-order valence-electron chi connectivity index (χ3n) is 5.35. The van der Waals surface area contributed by atoms with Gasteiger partial charge in [-0.25, -0.2) is 4.79 Å². The van der Waals surface area contributed by atoms with E-state index in [0.29, 0.717) is 40.3 Å². The number of nitrogens with one attached hydrogen (secondary N) is 2. The summed E-state index contributed by atoms with van der Waals surface area (Å²) >= 11 is 1.22. The molecular formula is C27H31N5O6S. The van der Waals surface area contributed by atoms with Gasteiger partial charge in [-0.3, -0.25) is 9.59 Å². The van der Waals surface area contributed by atoms with Gasteiger partial charge < -0.3 is 29.4 Å². The van der Waals surface area contributed by atoms with Crippen LogP contribution in [-0.4, -0.2) is 59.1 Å². The first-order chi connectivity index (χ1) is 18.9. The number of anilines is 1. The monoisotopic (exact) mass is 553 g/mol. The highest BCUT2D eigenvalue weighted by Gasteiger charge is 2.14. The number of carbonyl (C=O) groups is 3. The van der Waals surface area contributed by atoms with E-state index < -0.39 is 5.97 Å². The van der Waals surface area contributed by atoms with Crippen molar-refractivity contribution in [3.8, 4) is 11.5 Å². The number of aromatic nitrogens is 3. The SMILES string of the molecule is CCOC(=O)c1cccc(NC(=O)CSc2nnc(CNC(=O)/C=C/c3ccc(OC)c(OC)c3)n2CC)c1. The van der Waals surface area contributed by atoms with Crippen molar-refractivity contribution in [3.05, 3.63) is 65.5 Å². The van der Waals surface area contributed by atoms with E-state index in [-0.39, 0.29) is 30.7 Å². The Kier molecular flexibility index (Phi) is 10.9. The van der Waals surface area contributed by atoms with Crippen LogP contribution in [0, 0.1) is 0 Å². The van der Waals surface area contributed by atoms with Crippen LogP contribution in [0.25, 0.3) is 6.08 Å². The molecule has 0 saturated heterocycles. The molecule has 39 heavy (non-hydrogen) atoms. The molecule has 0 atom stereocenters. The Hall–Kier alpha value is -4.32. The highest BCUT2D eigenvalue weighted by atomic mass is 32.2. The van der Waals surface area contributed by atoms with Gasteiger partial charge >= 0.3 is 5.97 Å². The van der Waals surface area contributed by atoms with Gasteiger partial charge in [-0.15, -0.1) is 10.2 Å². The number of hydrogen-bond donors (Lipinski definition) is 2. The summed E-state index contributed by atoms with van der Waals surface area (Å²) in [5, 5.41) is 14.5. The second kappa shape index (κ2) is 14.6. The van der Waals surface area contributed by atoms with E-state index in [0.717, 1.165) is 5.56 Å². The Bertz CT molecular complexity index is 1340. The first kappa shape index (κ1) is 29.2. The van der Waals surface area contributed by atoms with Crippen LogP contribution < -0.4 is 20.1 Å². The quantitative estimate of drug-likeness (QED) is 0.185. The standard InChI is InChI=1S/C27H31N5O6S/c1-5-32-23(16-28-24(33)13-11-18-10-12-21(36-3)22(14-18)37-4)30-31-27(32)39-17-25(34)29-20-9-7-8-19(15-20)26(35)38-6-2/h7-15H,5-6,16-17H2,1-4H3,(H,28,33)(H,29,34)/b13-11+. The van der Waals surface area contributed by atoms with Crippen LogP contribution in [0.3, 0.4) is 0 Å². The first-order valence-corrected chi connectivity index (χ1v) is 13.2. The van der Waals surface area contributed by atoms with Crippen molar-refractivity contribution in [2.45, 2.75) is 32.1 Å². The lowest BCUT2D eigenvalue weighted by Crippen LogP contribution is -2.22. The zero-order chi connectivity index (χ0) is 28.2. The number of hydrogen-bond acceptors (Lipinski definition) is 9. The second-order valence-corrected chi connectivity index (χ2v) is 8.89. The van der Waals surface area contributed by atoms with Crippen LogP contribution in [0.5, 0.6) is 11.5 Å². The number of esters is 1. The smallest absolute Gasteiger partial charge is 0.338 e. The number of amides is 2. The molecular weight excluding hydrogens is 522 g/mol. The summed E-state index contributed by atoms with van der Waals surface area (Å²) in [6.45, 7) is 4.66. The number of ether oxygens (including phenoxy) is 3. The number of nitrogens with zero attached hydrogens (tertiary/aromatic N) is 3. The van der Waals surface area contributed by atoms with E-state index in [4.69, 9.17) is 14.2 Å². The van der Waals surface area contributed by atoms with Crippen LogP contribution in [0.1, 0.15) is 35.6 Å². The maximum Gasteiger partial charge on any atom is 0.338 e. The molecule has 2 amide bonds. The molecule has 0 saturated carbocycles. The zero-order valence-corrected chi connectivity index (χ0v) is 23.0. The summed E-state index contributed by atoms with van der Waals surface area (Å²) in [4.78, 5) is 36.8. The molecule has 11 nitrogen and oxygen atoms in total. The fraction of sp³-hybridized carbons (Fsp3) is 0.296. The van der Waals surface area contributed by atoms with Gasteiger partial charge in [-0.05, 0) is 55.8 Å². The molecule has 1 heterocycles. The molecule has 3 rings (SSSR count). The minimum absolute atomic E-state index is 0.0855. The van der Waals surface area contributed by atoms with E-state index in [1.165, 1.54) is 17.8 Å².